The van der Waals surface area contributed by atoms with Crippen molar-refractivity contribution in [3.63, 3.8) is 0 Å². The summed E-state index contributed by atoms with van der Waals surface area (Å²) >= 11 is 7.66. The second-order valence-electron chi connectivity index (χ2n) is 6.54. The molecule has 0 amide bonds. The molecular weight excluding hydrogens is 366 g/mol. The molecule has 0 fully saturated rings. The average Bonchev–Trinajstić information content (AvgIpc) is 3.17. The summed E-state index contributed by atoms with van der Waals surface area (Å²) in [6, 6.07) is 13.9. The summed E-state index contributed by atoms with van der Waals surface area (Å²) in [4.78, 5) is 20.1. The highest BCUT2D eigenvalue weighted by Crippen LogP contribution is 2.30. The van der Waals surface area contributed by atoms with Crippen LogP contribution < -0.4 is 5.69 Å². The first-order valence-corrected chi connectivity index (χ1v) is 9.71. The van der Waals surface area contributed by atoms with Gasteiger partial charge in [-0.2, -0.15) is 0 Å². The molecule has 0 aliphatic heterocycles. The first-order chi connectivity index (χ1) is 12.5. The van der Waals surface area contributed by atoms with E-state index in [2.05, 4.69) is 10.4 Å². The van der Waals surface area contributed by atoms with Gasteiger partial charge in [0, 0.05) is 28.4 Å². The van der Waals surface area contributed by atoms with Crippen LogP contribution in [0.15, 0.2) is 52.6 Å². The third-order valence-corrected chi connectivity index (χ3v) is 5.49. The molecule has 132 valence electrons. The lowest BCUT2D eigenvalue weighted by atomic mass is 10.1. The Morgan fingerprint density at radius 2 is 2.04 bits per heavy atom. The summed E-state index contributed by atoms with van der Waals surface area (Å²) in [5.41, 5.74) is 4.75. The van der Waals surface area contributed by atoms with E-state index in [-0.39, 0.29) is 11.7 Å². The van der Waals surface area contributed by atoms with Gasteiger partial charge in [0.2, 0.25) is 0 Å². The molecule has 2 aromatic heterocycles. The number of hydrogen-bond acceptors (Lipinski definition) is 3. The Morgan fingerprint density at radius 1 is 1.23 bits per heavy atom. The Bertz CT molecular complexity index is 1140. The lowest BCUT2D eigenvalue weighted by molar-refractivity contribution is 0.598. The quantitative estimate of drug-likeness (QED) is 0.521. The van der Waals surface area contributed by atoms with E-state index in [0.717, 1.165) is 44.3 Å². The average molecular weight is 384 g/mol. The standard InChI is InChI=1S/C20H18ClN3OS/c1-12(2)24-17-8-4-7-16(18(17)23-20(24)25)19-22-15(11-26-19)10-13-5-3-6-14(21)9-13/h3-9,11-12H,10H2,1-2H3,(H,23,25). The Kier molecular flexibility index (Phi) is 4.42. The highest BCUT2D eigenvalue weighted by Gasteiger charge is 2.15. The van der Waals surface area contributed by atoms with Gasteiger partial charge in [0.15, 0.2) is 0 Å². The van der Waals surface area contributed by atoms with Gasteiger partial charge in [0.05, 0.1) is 16.7 Å². The van der Waals surface area contributed by atoms with Crippen molar-refractivity contribution >= 4 is 34.0 Å². The summed E-state index contributed by atoms with van der Waals surface area (Å²) in [5.74, 6) is 0. The van der Waals surface area contributed by atoms with Crippen molar-refractivity contribution in [3.8, 4) is 10.6 Å². The number of benzene rings is 2. The molecule has 0 unspecified atom stereocenters. The van der Waals surface area contributed by atoms with E-state index in [1.165, 1.54) is 0 Å². The van der Waals surface area contributed by atoms with Crippen LogP contribution >= 0.6 is 22.9 Å². The first-order valence-electron chi connectivity index (χ1n) is 8.45. The zero-order chi connectivity index (χ0) is 18.3. The van der Waals surface area contributed by atoms with E-state index in [9.17, 15) is 4.79 Å². The lowest BCUT2D eigenvalue weighted by Gasteiger charge is -2.07. The van der Waals surface area contributed by atoms with E-state index in [1.807, 2.05) is 56.3 Å². The minimum absolute atomic E-state index is 0.0850. The Hall–Kier alpha value is -2.37. The van der Waals surface area contributed by atoms with Crippen molar-refractivity contribution in [1.82, 2.24) is 14.5 Å². The van der Waals surface area contributed by atoms with Crippen LogP contribution in [0, 0.1) is 0 Å². The molecular formula is C20H18ClN3OS. The monoisotopic (exact) mass is 383 g/mol. The minimum atomic E-state index is -0.0850. The molecule has 0 saturated heterocycles. The molecule has 0 aliphatic carbocycles. The van der Waals surface area contributed by atoms with Crippen molar-refractivity contribution < 1.29 is 0 Å². The van der Waals surface area contributed by atoms with E-state index in [1.54, 1.807) is 15.9 Å². The van der Waals surface area contributed by atoms with Crippen LogP contribution in [0.2, 0.25) is 5.02 Å². The van der Waals surface area contributed by atoms with E-state index >= 15 is 0 Å². The van der Waals surface area contributed by atoms with Gasteiger partial charge in [0.25, 0.3) is 0 Å². The second kappa shape index (κ2) is 6.74. The van der Waals surface area contributed by atoms with Gasteiger partial charge in [-0.05, 0) is 43.7 Å². The predicted octanol–water partition coefficient (Wildman–Crippen LogP) is 5.28. The molecule has 0 atom stereocenters. The summed E-state index contributed by atoms with van der Waals surface area (Å²) in [7, 11) is 0. The SMILES string of the molecule is CC(C)n1c(=O)[nH]c2c(-c3nc(Cc4cccc(Cl)c4)cs3)cccc21. The van der Waals surface area contributed by atoms with Crippen molar-refractivity contribution in [1.29, 1.82) is 0 Å². The lowest BCUT2D eigenvalue weighted by Crippen LogP contribution is -2.18. The van der Waals surface area contributed by atoms with Crippen molar-refractivity contribution in [2.24, 2.45) is 0 Å². The molecule has 6 heteroatoms. The summed E-state index contributed by atoms with van der Waals surface area (Å²) in [6.07, 6.45) is 0.733. The number of imidazole rings is 1. The molecule has 0 radical (unpaired) electrons. The maximum atomic E-state index is 12.3. The highest BCUT2D eigenvalue weighted by molar-refractivity contribution is 7.13. The molecule has 0 bridgehead atoms. The van der Waals surface area contributed by atoms with Crippen LogP contribution in [-0.2, 0) is 6.42 Å². The molecule has 2 heterocycles. The van der Waals surface area contributed by atoms with Crippen molar-refractivity contribution in [2.75, 3.05) is 0 Å². The topological polar surface area (TPSA) is 50.7 Å². The molecule has 4 rings (SSSR count). The Labute approximate surface area is 160 Å². The van der Waals surface area contributed by atoms with Gasteiger partial charge in [-0.1, -0.05) is 29.8 Å². The fourth-order valence-corrected chi connectivity index (χ4v) is 4.27. The number of fused-ring (bicyclic) bond motifs is 1. The maximum Gasteiger partial charge on any atom is 0.326 e. The zero-order valence-electron chi connectivity index (χ0n) is 14.5. The van der Waals surface area contributed by atoms with E-state index in [0.29, 0.717) is 0 Å². The van der Waals surface area contributed by atoms with Crippen LogP contribution in [0.5, 0.6) is 0 Å². The Morgan fingerprint density at radius 3 is 2.81 bits per heavy atom. The number of rotatable bonds is 4. The van der Waals surface area contributed by atoms with Gasteiger partial charge in [-0.15, -0.1) is 11.3 Å². The fraction of sp³-hybridized carbons (Fsp3) is 0.200. The molecule has 2 aromatic carbocycles. The molecule has 0 saturated carbocycles. The van der Waals surface area contributed by atoms with Gasteiger partial charge in [-0.25, -0.2) is 9.78 Å². The number of hydrogen-bond donors (Lipinski definition) is 1. The number of nitrogens with zero attached hydrogens (tertiary/aromatic N) is 2. The van der Waals surface area contributed by atoms with Crippen LogP contribution in [0.25, 0.3) is 21.6 Å². The number of aromatic nitrogens is 3. The number of halogens is 1. The number of aromatic amines is 1. The number of nitrogens with one attached hydrogen (secondary N) is 1. The number of H-pyrrole nitrogens is 1. The summed E-state index contributed by atoms with van der Waals surface area (Å²) in [5, 5.41) is 3.70. The highest BCUT2D eigenvalue weighted by atomic mass is 35.5. The third kappa shape index (κ3) is 3.08. The molecule has 1 N–H and O–H groups in total. The van der Waals surface area contributed by atoms with E-state index < -0.39 is 0 Å². The number of thiazole rings is 1. The van der Waals surface area contributed by atoms with Crippen molar-refractivity contribution in [2.45, 2.75) is 26.3 Å². The fourth-order valence-electron chi connectivity index (χ4n) is 3.21. The van der Waals surface area contributed by atoms with Crippen LogP contribution in [0.3, 0.4) is 0 Å². The Balaban J connectivity index is 1.74. The van der Waals surface area contributed by atoms with Gasteiger partial charge in [-0.3, -0.25) is 4.57 Å². The first kappa shape index (κ1) is 17.1. The summed E-state index contributed by atoms with van der Waals surface area (Å²) in [6.45, 7) is 4.02. The molecule has 0 spiro atoms. The zero-order valence-corrected chi connectivity index (χ0v) is 16.1. The smallest absolute Gasteiger partial charge is 0.305 e. The molecule has 4 nitrogen and oxygen atoms in total. The molecule has 26 heavy (non-hydrogen) atoms. The second-order valence-corrected chi connectivity index (χ2v) is 7.84. The number of para-hydroxylation sites is 1. The largest absolute Gasteiger partial charge is 0.326 e. The van der Waals surface area contributed by atoms with Crippen molar-refractivity contribution in [3.05, 3.63) is 74.6 Å². The normalized spacial score (nSPS) is 11.5. The summed E-state index contributed by atoms with van der Waals surface area (Å²) < 4.78 is 1.78. The van der Waals surface area contributed by atoms with Crippen LogP contribution in [0.4, 0.5) is 0 Å². The minimum Gasteiger partial charge on any atom is -0.305 e. The van der Waals surface area contributed by atoms with Crippen LogP contribution in [0.1, 0.15) is 31.1 Å². The maximum absolute atomic E-state index is 12.3. The molecule has 0 aliphatic rings. The van der Waals surface area contributed by atoms with E-state index in [4.69, 9.17) is 16.6 Å². The predicted molar refractivity (Wildman–Crippen MR) is 108 cm³/mol. The van der Waals surface area contributed by atoms with Gasteiger partial charge >= 0.3 is 5.69 Å². The third-order valence-electron chi connectivity index (χ3n) is 4.33. The molecule has 4 aromatic rings. The van der Waals surface area contributed by atoms with Gasteiger partial charge in [0.1, 0.15) is 5.01 Å². The van der Waals surface area contributed by atoms with Crippen LogP contribution in [-0.4, -0.2) is 14.5 Å². The van der Waals surface area contributed by atoms with Gasteiger partial charge < -0.3 is 4.98 Å².